The number of carbonyl (C=O) groups excluding carboxylic acids is 2. The molecule has 0 saturated carbocycles. The fourth-order valence-corrected chi connectivity index (χ4v) is 3.25. The normalized spacial score (nSPS) is 14.1. The molecule has 27 heavy (non-hydrogen) atoms. The van der Waals surface area contributed by atoms with Crippen LogP contribution in [0.4, 0.5) is 11.6 Å². The van der Waals surface area contributed by atoms with Crippen molar-refractivity contribution in [3.63, 3.8) is 0 Å². The molecule has 142 valence electrons. The second-order valence-electron chi connectivity index (χ2n) is 6.57. The van der Waals surface area contributed by atoms with E-state index in [9.17, 15) is 9.59 Å². The van der Waals surface area contributed by atoms with Crippen molar-refractivity contribution in [1.82, 2.24) is 14.9 Å². The molecule has 0 unspecified atom stereocenters. The van der Waals surface area contributed by atoms with E-state index in [-0.39, 0.29) is 18.2 Å². The quantitative estimate of drug-likeness (QED) is 0.755. The van der Waals surface area contributed by atoms with Gasteiger partial charge in [-0.3, -0.25) is 9.59 Å². The summed E-state index contributed by atoms with van der Waals surface area (Å²) in [6.45, 7) is 6.92. The predicted octanol–water partition coefficient (Wildman–Crippen LogP) is 1.88. The lowest BCUT2D eigenvalue weighted by molar-refractivity contribution is -0.135. The van der Waals surface area contributed by atoms with Crippen molar-refractivity contribution in [3.05, 3.63) is 48.3 Å². The molecule has 0 spiro atoms. The Labute approximate surface area is 159 Å². The Hall–Kier alpha value is -2.96. The number of nitrogens with zero attached hydrogens (tertiary/aromatic N) is 5. The number of carbonyl (C=O) groups is 2. The fourth-order valence-electron chi connectivity index (χ4n) is 3.25. The van der Waals surface area contributed by atoms with Crippen LogP contribution in [0.2, 0.25) is 0 Å². The third kappa shape index (κ3) is 4.61. The summed E-state index contributed by atoms with van der Waals surface area (Å²) in [6.07, 6.45) is 3.32. The highest BCUT2D eigenvalue weighted by atomic mass is 16.2. The zero-order chi connectivity index (χ0) is 19.2. The molecule has 3 rings (SSSR count). The van der Waals surface area contributed by atoms with Crippen LogP contribution in [0.5, 0.6) is 0 Å². The molecule has 2 heterocycles. The average molecular weight is 367 g/mol. The number of aryl methyl sites for hydroxylation is 1. The van der Waals surface area contributed by atoms with Gasteiger partial charge in [-0.1, -0.05) is 12.1 Å². The van der Waals surface area contributed by atoms with Gasteiger partial charge in [0.05, 0.1) is 0 Å². The molecule has 1 aromatic carbocycles. The zero-order valence-electron chi connectivity index (χ0n) is 15.8. The van der Waals surface area contributed by atoms with E-state index in [1.807, 2.05) is 38.1 Å². The van der Waals surface area contributed by atoms with Crippen molar-refractivity contribution in [2.24, 2.45) is 0 Å². The van der Waals surface area contributed by atoms with Crippen LogP contribution in [-0.4, -0.2) is 59.4 Å². The molecule has 7 nitrogen and oxygen atoms in total. The van der Waals surface area contributed by atoms with Crippen LogP contribution in [-0.2, 0) is 9.59 Å². The lowest BCUT2D eigenvalue weighted by atomic mass is 10.2. The van der Waals surface area contributed by atoms with E-state index in [1.165, 1.54) is 0 Å². The number of hydrogen-bond donors (Lipinski definition) is 0. The van der Waals surface area contributed by atoms with E-state index in [0.717, 1.165) is 11.3 Å². The van der Waals surface area contributed by atoms with Gasteiger partial charge < -0.3 is 14.7 Å². The van der Waals surface area contributed by atoms with Crippen LogP contribution in [0.3, 0.4) is 0 Å². The van der Waals surface area contributed by atoms with Gasteiger partial charge in [0.25, 0.3) is 0 Å². The number of rotatable bonds is 5. The maximum atomic E-state index is 12.7. The van der Waals surface area contributed by atoms with E-state index >= 15 is 0 Å². The molecule has 0 atom stereocenters. The standard InChI is InChI=1S/C20H25N5O2/c1-3-25(17-7-4-6-16(2)14-17)19(27)15-18(26)23-10-12-24(13-11-23)20-21-8-5-9-22-20/h4-9,14H,3,10-13,15H2,1-2H3. The third-order valence-electron chi connectivity index (χ3n) is 4.70. The van der Waals surface area contributed by atoms with Crippen LogP contribution in [0.15, 0.2) is 42.7 Å². The summed E-state index contributed by atoms with van der Waals surface area (Å²) >= 11 is 0. The first-order chi connectivity index (χ1) is 13.1. The molecule has 2 aromatic rings. The Morgan fingerprint density at radius 2 is 1.78 bits per heavy atom. The van der Waals surface area contributed by atoms with Gasteiger partial charge in [-0.25, -0.2) is 9.97 Å². The Morgan fingerprint density at radius 1 is 1.07 bits per heavy atom. The second kappa shape index (κ2) is 8.62. The Bertz CT molecular complexity index is 788. The molecule has 0 N–H and O–H groups in total. The second-order valence-corrected chi connectivity index (χ2v) is 6.57. The smallest absolute Gasteiger partial charge is 0.236 e. The molecule has 0 radical (unpaired) electrons. The van der Waals surface area contributed by atoms with Crippen LogP contribution in [0, 0.1) is 6.92 Å². The van der Waals surface area contributed by atoms with Gasteiger partial charge in [0.1, 0.15) is 6.42 Å². The molecule has 1 aliphatic heterocycles. The molecule has 0 aliphatic carbocycles. The van der Waals surface area contributed by atoms with Crippen molar-refractivity contribution in [3.8, 4) is 0 Å². The third-order valence-corrected chi connectivity index (χ3v) is 4.70. The molecule has 2 amide bonds. The molecule has 0 bridgehead atoms. The lowest BCUT2D eigenvalue weighted by Crippen LogP contribution is -2.50. The largest absolute Gasteiger partial charge is 0.339 e. The van der Waals surface area contributed by atoms with Crippen LogP contribution < -0.4 is 9.80 Å². The predicted molar refractivity (Wildman–Crippen MR) is 105 cm³/mol. The van der Waals surface area contributed by atoms with Gasteiger partial charge in [0.2, 0.25) is 17.8 Å². The molecule has 1 aromatic heterocycles. The maximum Gasteiger partial charge on any atom is 0.236 e. The van der Waals surface area contributed by atoms with Gasteiger partial charge >= 0.3 is 0 Å². The number of aromatic nitrogens is 2. The van der Waals surface area contributed by atoms with Crippen molar-refractivity contribution < 1.29 is 9.59 Å². The molecule has 7 heteroatoms. The summed E-state index contributed by atoms with van der Waals surface area (Å²) in [5.41, 5.74) is 1.92. The number of benzene rings is 1. The molecule has 1 fully saturated rings. The Balaban J connectivity index is 1.56. The van der Waals surface area contributed by atoms with Gasteiger partial charge in [-0.2, -0.15) is 0 Å². The first-order valence-electron chi connectivity index (χ1n) is 9.25. The van der Waals surface area contributed by atoms with Crippen molar-refractivity contribution in [2.45, 2.75) is 20.3 Å². The van der Waals surface area contributed by atoms with E-state index in [0.29, 0.717) is 38.7 Å². The first kappa shape index (κ1) is 18.8. The monoisotopic (exact) mass is 367 g/mol. The van der Waals surface area contributed by atoms with E-state index in [1.54, 1.807) is 28.3 Å². The molecular weight excluding hydrogens is 342 g/mol. The van der Waals surface area contributed by atoms with Gasteiger partial charge in [-0.05, 0) is 37.6 Å². The summed E-state index contributed by atoms with van der Waals surface area (Å²) in [7, 11) is 0. The van der Waals surface area contributed by atoms with Gasteiger partial charge in [-0.15, -0.1) is 0 Å². The molecular formula is C20H25N5O2. The van der Waals surface area contributed by atoms with Crippen molar-refractivity contribution in [1.29, 1.82) is 0 Å². The summed E-state index contributed by atoms with van der Waals surface area (Å²) in [5.74, 6) is 0.388. The van der Waals surface area contributed by atoms with E-state index in [2.05, 4.69) is 14.9 Å². The number of hydrogen-bond acceptors (Lipinski definition) is 5. The number of anilines is 2. The highest BCUT2D eigenvalue weighted by Crippen LogP contribution is 2.17. The SMILES string of the molecule is CCN(C(=O)CC(=O)N1CCN(c2ncccn2)CC1)c1cccc(C)c1. The topological polar surface area (TPSA) is 69.6 Å². The van der Waals surface area contributed by atoms with Crippen LogP contribution in [0.1, 0.15) is 18.9 Å². The minimum atomic E-state index is -0.165. The van der Waals surface area contributed by atoms with Crippen LogP contribution >= 0.6 is 0 Å². The van der Waals surface area contributed by atoms with Gasteiger partial charge in [0.15, 0.2) is 0 Å². The Morgan fingerprint density at radius 3 is 2.41 bits per heavy atom. The Kier molecular flexibility index (Phi) is 6.01. The lowest BCUT2D eigenvalue weighted by Gasteiger charge is -2.35. The highest BCUT2D eigenvalue weighted by Gasteiger charge is 2.25. The minimum absolute atomic E-state index is 0.108. The number of piperazine rings is 1. The molecule has 1 saturated heterocycles. The zero-order valence-corrected chi connectivity index (χ0v) is 15.8. The first-order valence-corrected chi connectivity index (χ1v) is 9.25. The fraction of sp³-hybridized carbons (Fsp3) is 0.400. The summed E-state index contributed by atoms with van der Waals surface area (Å²) in [5, 5.41) is 0. The molecule has 1 aliphatic rings. The van der Waals surface area contributed by atoms with Crippen LogP contribution in [0.25, 0.3) is 0 Å². The highest BCUT2D eigenvalue weighted by molar-refractivity contribution is 6.05. The summed E-state index contributed by atoms with van der Waals surface area (Å²) < 4.78 is 0. The average Bonchev–Trinajstić information content (AvgIpc) is 2.69. The summed E-state index contributed by atoms with van der Waals surface area (Å²) in [4.78, 5) is 39.2. The van der Waals surface area contributed by atoms with E-state index in [4.69, 9.17) is 0 Å². The van der Waals surface area contributed by atoms with E-state index < -0.39 is 0 Å². The van der Waals surface area contributed by atoms with Crippen molar-refractivity contribution in [2.75, 3.05) is 42.5 Å². The maximum absolute atomic E-state index is 12.7. The van der Waals surface area contributed by atoms with Gasteiger partial charge in [0, 0.05) is 50.8 Å². The summed E-state index contributed by atoms with van der Waals surface area (Å²) in [6, 6.07) is 9.56. The minimum Gasteiger partial charge on any atom is -0.339 e. The van der Waals surface area contributed by atoms with Crippen molar-refractivity contribution >= 4 is 23.5 Å². The number of amides is 2.